The molecular formula is C12H24N2O2S2. The first-order chi connectivity index (χ1) is 8.37. The minimum absolute atomic E-state index is 0.222. The zero-order valence-corrected chi connectivity index (χ0v) is 12.9. The molecule has 0 aromatic heterocycles. The minimum atomic E-state index is -3.00. The van der Waals surface area contributed by atoms with Gasteiger partial charge in [-0.1, -0.05) is 6.92 Å². The highest BCUT2D eigenvalue weighted by Crippen LogP contribution is 2.39. The molecule has 1 aliphatic heterocycles. The molecule has 2 atom stereocenters. The summed E-state index contributed by atoms with van der Waals surface area (Å²) in [4.78, 5) is 2.10. The van der Waals surface area contributed by atoms with Crippen molar-refractivity contribution in [3.05, 3.63) is 0 Å². The zero-order chi connectivity index (χ0) is 13.4. The van der Waals surface area contributed by atoms with Gasteiger partial charge in [0.15, 0.2) is 9.84 Å². The Kier molecular flexibility index (Phi) is 4.31. The van der Waals surface area contributed by atoms with Crippen molar-refractivity contribution in [3.63, 3.8) is 0 Å². The molecule has 0 bridgehead atoms. The summed E-state index contributed by atoms with van der Waals surface area (Å²) in [6.45, 7) is 5.35. The van der Waals surface area contributed by atoms with Gasteiger partial charge in [-0.3, -0.25) is 4.90 Å². The van der Waals surface area contributed by atoms with Crippen molar-refractivity contribution in [2.45, 2.75) is 37.6 Å². The maximum atomic E-state index is 12.1. The van der Waals surface area contributed by atoms with Crippen molar-refractivity contribution in [2.24, 2.45) is 11.7 Å². The second-order valence-electron chi connectivity index (χ2n) is 5.73. The standard InChI is InChI=1S/C12H24N2O2S2/c1-3-18(15,16)11-8-17-7-6-14(11)9-12(2,13)10-4-5-10/h10-11H,3-9,13H2,1-2H3. The van der Waals surface area contributed by atoms with Gasteiger partial charge in [0.05, 0.1) is 0 Å². The number of nitrogens with zero attached hydrogens (tertiary/aromatic N) is 1. The maximum Gasteiger partial charge on any atom is 0.166 e. The van der Waals surface area contributed by atoms with Gasteiger partial charge in [0.2, 0.25) is 0 Å². The van der Waals surface area contributed by atoms with Gasteiger partial charge in [0.1, 0.15) is 5.37 Å². The first-order valence-corrected chi connectivity index (χ1v) is 9.56. The van der Waals surface area contributed by atoms with Gasteiger partial charge in [-0.05, 0) is 25.7 Å². The molecule has 18 heavy (non-hydrogen) atoms. The van der Waals surface area contributed by atoms with E-state index >= 15 is 0 Å². The van der Waals surface area contributed by atoms with Crippen molar-refractivity contribution in [3.8, 4) is 0 Å². The van der Waals surface area contributed by atoms with E-state index in [1.54, 1.807) is 18.7 Å². The van der Waals surface area contributed by atoms with E-state index in [2.05, 4.69) is 11.8 Å². The van der Waals surface area contributed by atoms with Crippen molar-refractivity contribution in [1.82, 2.24) is 4.90 Å². The summed E-state index contributed by atoms with van der Waals surface area (Å²) in [7, 11) is -3.00. The summed E-state index contributed by atoms with van der Waals surface area (Å²) in [5.41, 5.74) is 6.12. The van der Waals surface area contributed by atoms with Gasteiger partial charge in [-0.25, -0.2) is 8.42 Å². The molecule has 0 spiro atoms. The Balaban J connectivity index is 2.08. The van der Waals surface area contributed by atoms with E-state index in [4.69, 9.17) is 5.73 Å². The average Bonchev–Trinajstić information content (AvgIpc) is 3.13. The van der Waals surface area contributed by atoms with Crippen LogP contribution in [0.5, 0.6) is 0 Å². The SMILES string of the molecule is CCS(=O)(=O)C1CSCCN1CC(C)(N)C1CC1. The molecule has 1 saturated heterocycles. The summed E-state index contributed by atoms with van der Waals surface area (Å²) in [5, 5.41) is -0.331. The zero-order valence-electron chi connectivity index (χ0n) is 11.3. The number of thioether (sulfide) groups is 1. The van der Waals surface area contributed by atoms with E-state index in [1.165, 1.54) is 12.8 Å². The topological polar surface area (TPSA) is 63.4 Å². The fraction of sp³-hybridized carbons (Fsp3) is 1.00. The molecule has 2 fully saturated rings. The van der Waals surface area contributed by atoms with Crippen LogP contribution in [-0.4, -0.2) is 54.6 Å². The molecule has 1 aliphatic carbocycles. The van der Waals surface area contributed by atoms with Gasteiger partial charge in [0, 0.05) is 35.9 Å². The highest BCUT2D eigenvalue weighted by molar-refractivity contribution is 8.01. The van der Waals surface area contributed by atoms with Crippen molar-refractivity contribution >= 4 is 21.6 Å². The Morgan fingerprint density at radius 2 is 2.11 bits per heavy atom. The number of rotatable bonds is 5. The van der Waals surface area contributed by atoms with Crippen LogP contribution in [0.25, 0.3) is 0 Å². The Labute approximate surface area is 115 Å². The molecule has 0 amide bonds. The summed E-state index contributed by atoms with van der Waals surface area (Å²) in [6.07, 6.45) is 2.39. The smallest absolute Gasteiger partial charge is 0.166 e. The maximum absolute atomic E-state index is 12.1. The molecule has 1 saturated carbocycles. The number of sulfone groups is 1. The normalized spacial score (nSPS) is 30.1. The molecule has 1 heterocycles. The number of hydrogen-bond acceptors (Lipinski definition) is 5. The molecule has 2 N–H and O–H groups in total. The largest absolute Gasteiger partial charge is 0.324 e. The van der Waals surface area contributed by atoms with E-state index in [9.17, 15) is 8.42 Å². The molecule has 4 nitrogen and oxygen atoms in total. The van der Waals surface area contributed by atoms with Crippen LogP contribution >= 0.6 is 11.8 Å². The lowest BCUT2D eigenvalue weighted by Gasteiger charge is -2.39. The monoisotopic (exact) mass is 292 g/mol. The summed E-state index contributed by atoms with van der Waals surface area (Å²) >= 11 is 1.74. The molecular weight excluding hydrogens is 268 g/mol. The van der Waals surface area contributed by atoms with E-state index < -0.39 is 9.84 Å². The first kappa shape index (κ1) is 14.6. The molecule has 2 rings (SSSR count). The van der Waals surface area contributed by atoms with Gasteiger partial charge in [-0.15, -0.1) is 0 Å². The molecule has 2 unspecified atom stereocenters. The number of nitrogens with two attached hydrogens (primary N) is 1. The number of hydrogen-bond donors (Lipinski definition) is 1. The van der Waals surface area contributed by atoms with Crippen molar-refractivity contribution in [1.29, 1.82) is 0 Å². The molecule has 0 aromatic carbocycles. The van der Waals surface area contributed by atoms with Crippen LogP contribution in [0.15, 0.2) is 0 Å². The molecule has 2 aliphatic rings. The third-order valence-corrected chi connectivity index (χ3v) is 7.39. The van der Waals surface area contributed by atoms with Gasteiger partial charge in [-0.2, -0.15) is 11.8 Å². The molecule has 6 heteroatoms. The molecule has 106 valence electrons. The van der Waals surface area contributed by atoms with E-state index in [0.29, 0.717) is 18.2 Å². The quantitative estimate of drug-likeness (QED) is 0.816. The first-order valence-electron chi connectivity index (χ1n) is 6.69. The van der Waals surface area contributed by atoms with Gasteiger partial charge < -0.3 is 5.73 Å². The van der Waals surface area contributed by atoms with E-state index in [0.717, 1.165) is 12.3 Å². The fourth-order valence-corrected chi connectivity index (χ4v) is 5.71. The lowest BCUT2D eigenvalue weighted by atomic mass is 9.96. The summed E-state index contributed by atoms with van der Waals surface area (Å²) < 4.78 is 24.3. The lowest BCUT2D eigenvalue weighted by Crippen LogP contribution is -2.57. The third-order valence-electron chi connectivity index (χ3n) is 4.06. The second kappa shape index (κ2) is 5.31. The fourth-order valence-electron chi connectivity index (χ4n) is 2.63. The molecule has 0 aromatic rings. The van der Waals surface area contributed by atoms with Crippen LogP contribution in [0.1, 0.15) is 26.7 Å². The van der Waals surface area contributed by atoms with Crippen molar-refractivity contribution in [2.75, 3.05) is 30.3 Å². The highest BCUT2D eigenvalue weighted by atomic mass is 32.2. The summed E-state index contributed by atoms with van der Waals surface area (Å²) in [5.74, 6) is 2.50. The third kappa shape index (κ3) is 3.21. The second-order valence-corrected chi connectivity index (χ2v) is 9.33. The average molecular weight is 292 g/mol. The predicted molar refractivity (Wildman–Crippen MR) is 77.5 cm³/mol. The minimum Gasteiger partial charge on any atom is -0.324 e. The Morgan fingerprint density at radius 3 is 2.67 bits per heavy atom. The van der Waals surface area contributed by atoms with Crippen LogP contribution in [0.3, 0.4) is 0 Å². The predicted octanol–water partition coefficient (Wildman–Crippen LogP) is 0.923. The van der Waals surface area contributed by atoms with Crippen molar-refractivity contribution < 1.29 is 8.42 Å². The Morgan fingerprint density at radius 1 is 1.44 bits per heavy atom. The van der Waals surface area contributed by atoms with Crippen LogP contribution in [0.2, 0.25) is 0 Å². The lowest BCUT2D eigenvalue weighted by molar-refractivity contribution is 0.199. The molecule has 0 radical (unpaired) electrons. The highest BCUT2D eigenvalue weighted by Gasteiger charge is 2.42. The van der Waals surface area contributed by atoms with Gasteiger partial charge >= 0.3 is 0 Å². The van der Waals surface area contributed by atoms with E-state index in [1.807, 2.05) is 0 Å². The van der Waals surface area contributed by atoms with Gasteiger partial charge in [0.25, 0.3) is 0 Å². The Hall–Kier alpha value is 0.220. The van der Waals surface area contributed by atoms with Crippen LogP contribution in [-0.2, 0) is 9.84 Å². The Bertz CT molecular complexity index is 391. The van der Waals surface area contributed by atoms with Crippen LogP contribution in [0.4, 0.5) is 0 Å². The summed E-state index contributed by atoms with van der Waals surface area (Å²) in [6, 6.07) is 0. The van der Waals surface area contributed by atoms with Crippen LogP contribution < -0.4 is 5.73 Å². The van der Waals surface area contributed by atoms with Crippen LogP contribution in [0, 0.1) is 5.92 Å². The van der Waals surface area contributed by atoms with E-state index in [-0.39, 0.29) is 16.7 Å².